The first-order valence-electron chi connectivity index (χ1n) is 11.0. The van der Waals surface area contributed by atoms with Crippen molar-refractivity contribution in [2.45, 2.75) is 38.0 Å². The van der Waals surface area contributed by atoms with E-state index in [1.165, 1.54) is 16.4 Å². The molecule has 2 heterocycles. The van der Waals surface area contributed by atoms with Crippen molar-refractivity contribution in [1.82, 2.24) is 4.31 Å². The van der Waals surface area contributed by atoms with Crippen LogP contribution in [0, 0.1) is 18.8 Å². The molecule has 0 spiro atoms. The number of carbonyl (C=O) groups excluding carboxylic acids is 2. The average Bonchev–Trinajstić information content (AvgIpc) is 3.16. The minimum Gasteiger partial charge on any atom is -0.326 e. The Bertz CT molecular complexity index is 1110. The summed E-state index contributed by atoms with van der Waals surface area (Å²) in [5.74, 6) is -0.229. The Hall–Kier alpha value is -2.71. The molecule has 4 rings (SSSR count). The van der Waals surface area contributed by atoms with E-state index in [0.29, 0.717) is 31.2 Å². The zero-order chi connectivity index (χ0) is 22.9. The molecule has 170 valence electrons. The number of benzene rings is 2. The lowest BCUT2D eigenvalue weighted by molar-refractivity contribution is -0.122. The van der Waals surface area contributed by atoms with Crippen LogP contribution in [0.3, 0.4) is 0 Å². The molecule has 2 saturated heterocycles. The predicted molar refractivity (Wildman–Crippen MR) is 124 cm³/mol. The van der Waals surface area contributed by atoms with Gasteiger partial charge in [0.05, 0.1) is 10.8 Å². The second-order valence-electron chi connectivity index (χ2n) is 8.84. The lowest BCUT2D eigenvalue weighted by atomic mass is 10.0. The Morgan fingerprint density at radius 3 is 2.41 bits per heavy atom. The lowest BCUT2D eigenvalue weighted by Gasteiger charge is -2.29. The van der Waals surface area contributed by atoms with Crippen LogP contribution in [0.15, 0.2) is 53.4 Å². The van der Waals surface area contributed by atoms with Crippen molar-refractivity contribution in [2.75, 3.05) is 29.9 Å². The van der Waals surface area contributed by atoms with Crippen molar-refractivity contribution in [3.63, 3.8) is 0 Å². The van der Waals surface area contributed by atoms with Gasteiger partial charge in [0.1, 0.15) is 0 Å². The van der Waals surface area contributed by atoms with Gasteiger partial charge in [0.15, 0.2) is 0 Å². The van der Waals surface area contributed by atoms with Gasteiger partial charge in [0.2, 0.25) is 21.8 Å². The summed E-state index contributed by atoms with van der Waals surface area (Å²) >= 11 is 0. The van der Waals surface area contributed by atoms with Crippen LogP contribution in [0.2, 0.25) is 0 Å². The molecular weight excluding hydrogens is 426 g/mol. The van der Waals surface area contributed by atoms with E-state index in [-0.39, 0.29) is 23.1 Å². The number of hydrogen-bond donors (Lipinski definition) is 1. The molecule has 0 aliphatic carbocycles. The van der Waals surface area contributed by atoms with Gasteiger partial charge in [-0.05, 0) is 67.6 Å². The predicted octanol–water partition coefficient (Wildman–Crippen LogP) is 3.41. The molecule has 7 nitrogen and oxygen atoms in total. The first-order chi connectivity index (χ1) is 15.2. The van der Waals surface area contributed by atoms with E-state index in [4.69, 9.17) is 0 Å². The number of aryl methyl sites for hydroxylation is 1. The number of rotatable bonds is 5. The molecule has 2 aromatic carbocycles. The van der Waals surface area contributed by atoms with Crippen molar-refractivity contribution in [1.29, 1.82) is 0 Å². The van der Waals surface area contributed by atoms with Gasteiger partial charge in [-0.3, -0.25) is 9.59 Å². The van der Waals surface area contributed by atoms with Crippen molar-refractivity contribution in [2.24, 2.45) is 11.8 Å². The van der Waals surface area contributed by atoms with Crippen LogP contribution >= 0.6 is 0 Å². The maximum absolute atomic E-state index is 12.9. The van der Waals surface area contributed by atoms with Gasteiger partial charge in [0.25, 0.3) is 0 Å². The zero-order valence-electron chi connectivity index (χ0n) is 18.5. The van der Waals surface area contributed by atoms with Crippen molar-refractivity contribution < 1.29 is 18.0 Å². The number of nitrogens with zero attached hydrogens (tertiary/aromatic N) is 2. The van der Waals surface area contributed by atoms with Gasteiger partial charge in [-0.1, -0.05) is 19.1 Å². The number of carbonyl (C=O) groups is 2. The van der Waals surface area contributed by atoms with E-state index >= 15 is 0 Å². The molecule has 2 fully saturated rings. The first-order valence-corrected chi connectivity index (χ1v) is 12.5. The van der Waals surface area contributed by atoms with E-state index in [1.54, 1.807) is 17.0 Å². The summed E-state index contributed by atoms with van der Waals surface area (Å²) < 4.78 is 27.3. The third kappa shape index (κ3) is 4.71. The second kappa shape index (κ2) is 9.03. The normalized spacial score (nSPS) is 20.5. The number of hydrogen-bond acceptors (Lipinski definition) is 4. The molecule has 0 aromatic heterocycles. The van der Waals surface area contributed by atoms with Gasteiger partial charge in [-0.15, -0.1) is 0 Å². The lowest BCUT2D eigenvalue weighted by Crippen LogP contribution is -2.37. The highest BCUT2D eigenvalue weighted by atomic mass is 32.2. The van der Waals surface area contributed by atoms with E-state index in [0.717, 1.165) is 24.1 Å². The van der Waals surface area contributed by atoms with Crippen LogP contribution in [-0.4, -0.2) is 44.2 Å². The van der Waals surface area contributed by atoms with E-state index in [9.17, 15) is 18.0 Å². The standard InChI is InChI=1S/C24H29N3O4S/c1-17-10-12-26(13-11-17)32(30,31)22-8-6-20(7-9-22)25-24(29)19-15-23(28)27(16-19)21-5-3-4-18(2)14-21/h3-9,14,17,19H,10-13,15-16H2,1-2H3,(H,25,29). The molecule has 8 heteroatoms. The minimum atomic E-state index is -3.53. The summed E-state index contributed by atoms with van der Waals surface area (Å²) in [6, 6.07) is 13.9. The fourth-order valence-electron chi connectivity index (χ4n) is 4.26. The molecule has 0 saturated carbocycles. The molecule has 1 N–H and O–H groups in total. The molecule has 2 aliphatic rings. The highest BCUT2D eigenvalue weighted by Crippen LogP contribution is 2.28. The molecule has 2 aromatic rings. The largest absolute Gasteiger partial charge is 0.326 e. The van der Waals surface area contributed by atoms with Gasteiger partial charge in [-0.25, -0.2) is 8.42 Å². The fourth-order valence-corrected chi connectivity index (χ4v) is 5.73. The van der Waals surface area contributed by atoms with Crippen molar-refractivity contribution in [3.05, 3.63) is 54.1 Å². The number of anilines is 2. The topological polar surface area (TPSA) is 86.8 Å². The average molecular weight is 456 g/mol. The van der Waals surface area contributed by atoms with Crippen LogP contribution in [0.25, 0.3) is 0 Å². The summed E-state index contributed by atoms with van der Waals surface area (Å²) in [6.07, 6.45) is 1.89. The summed E-state index contributed by atoms with van der Waals surface area (Å²) in [7, 11) is -3.53. The molecular formula is C24H29N3O4S. The quantitative estimate of drug-likeness (QED) is 0.749. The summed E-state index contributed by atoms with van der Waals surface area (Å²) in [6.45, 7) is 5.50. The van der Waals surface area contributed by atoms with Gasteiger partial charge in [-0.2, -0.15) is 4.31 Å². The first kappa shape index (κ1) is 22.5. The Morgan fingerprint density at radius 2 is 1.75 bits per heavy atom. The van der Waals surface area contributed by atoms with Gasteiger partial charge in [0, 0.05) is 37.4 Å². The molecule has 2 amide bonds. The Balaban J connectivity index is 1.39. The highest BCUT2D eigenvalue weighted by molar-refractivity contribution is 7.89. The van der Waals surface area contributed by atoms with Crippen LogP contribution in [0.5, 0.6) is 0 Å². The fraction of sp³-hybridized carbons (Fsp3) is 0.417. The monoisotopic (exact) mass is 455 g/mol. The molecule has 2 aliphatic heterocycles. The Morgan fingerprint density at radius 1 is 1.06 bits per heavy atom. The smallest absolute Gasteiger partial charge is 0.243 e. The summed E-state index contributed by atoms with van der Waals surface area (Å²) in [4.78, 5) is 27.1. The maximum atomic E-state index is 12.9. The Kier molecular flexibility index (Phi) is 6.35. The van der Waals surface area contributed by atoms with Crippen LogP contribution in [0.1, 0.15) is 31.7 Å². The molecule has 0 bridgehead atoms. The summed E-state index contributed by atoms with van der Waals surface area (Å²) in [5, 5.41) is 2.83. The highest BCUT2D eigenvalue weighted by Gasteiger charge is 2.35. The molecule has 32 heavy (non-hydrogen) atoms. The van der Waals surface area contributed by atoms with E-state index < -0.39 is 15.9 Å². The van der Waals surface area contributed by atoms with Crippen LogP contribution in [-0.2, 0) is 19.6 Å². The molecule has 1 atom stereocenters. The third-order valence-electron chi connectivity index (χ3n) is 6.31. The number of amides is 2. The number of nitrogens with one attached hydrogen (secondary N) is 1. The van der Waals surface area contributed by atoms with Crippen LogP contribution < -0.4 is 10.2 Å². The number of sulfonamides is 1. The Labute approximate surface area is 189 Å². The summed E-state index contributed by atoms with van der Waals surface area (Å²) in [5.41, 5.74) is 2.37. The third-order valence-corrected chi connectivity index (χ3v) is 8.22. The van der Waals surface area contributed by atoms with Gasteiger partial charge >= 0.3 is 0 Å². The minimum absolute atomic E-state index is 0.0759. The SMILES string of the molecule is Cc1cccc(N2CC(C(=O)Nc3ccc(S(=O)(=O)N4CCC(C)CC4)cc3)CC2=O)c1. The molecule has 1 unspecified atom stereocenters. The van der Waals surface area contributed by atoms with Crippen molar-refractivity contribution >= 4 is 33.2 Å². The second-order valence-corrected chi connectivity index (χ2v) is 10.8. The van der Waals surface area contributed by atoms with E-state index in [2.05, 4.69) is 12.2 Å². The van der Waals surface area contributed by atoms with E-state index in [1.807, 2.05) is 31.2 Å². The van der Waals surface area contributed by atoms with Crippen molar-refractivity contribution in [3.8, 4) is 0 Å². The maximum Gasteiger partial charge on any atom is 0.243 e. The van der Waals surface area contributed by atoms with Gasteiger partial charge < -0.3 is 10.2 Å². The molecule has 0 radical (unpaired) electrons. The zero-order valence-corrected chi connectivity index (χ0v) is 19.3. The van der Waals surface area contributed by atoms with Crippen LogP contribution in [0.4, 0.5) is 11.4 Å². The number of piperidine rings is 1.